The van der Waals surface area contributed by atoms with E-state index >= 15 is 0 Å². The van der Waals surface area contributed by atoms with Crippen LogP contribution in [0.1, 0.15) is 177 Å². The number of hydrogen-bond acceptors (Lipinski definition) is 0. The Hall–Kier alpha value is 0. The molecule has 0 bridgehead atoms. The first-order valence-electron chi connectivity index (χ1n) is 16.1. The van der Waals surface area contributed by atoms with Crippen molar-refractivity contribution >= 4 is 0 Å². The molecule has 0 aromatic rings. The number of unbranched alkanes of at least 4 members (excludes halogenated alkanes) is 3. The molecule has 0 aliphatic heterocycles. The van der Waals surface area contributed by atoms with Gasteiger partial charge in [0, 0.05) is 0 Å². The van der Waals surface area contributed by atoms with Crippen molar-refractivity contribution in [3.8, 4) is 0 Å². The van der Waals surface area contributed by atoms with Crippen LogP contribution in [0.4, 0.5) is 0 Å². The highest BCUT2D eigenvalue weighted by molar-refractivity contribution is 4.87. The average Bonchev–Trinajstić information content (AvgIpc) is 2.82. The standard InChI is InChI=1S/C21H42.C12H26/c1-5-9-13-19-17-16-18(12-8-4)20(14-10-6-2)21(19)15-11-7-3;1-5-9-12(10-6-2)11(7-3)8-4/h18-21H,5-17H2,1-4H3;11-12H,5-10H2,1-4H3. The van der Waals surface area contributed by atoms with Gasteiger partial charge in [0.2, 0.25) is 0 Å². The Bertz CT molecular complexity index is 375. The van der Waals surface area contributed by atoms with Crippen LogP contribution in [0.25, 0.3) is 0 Å². The third-order valence-electron chi connectivity index (χ3n) is 9.07. The lowest BCUT2D eigenvalue weighted by atomic mass is 9.61. The van der Waals surface area contributed by atoms with Gasteiger partial charge in [-0.2, -0.15) is 0 Å². The number of rotatable bonds is 18. The quantitative estimate of drug-likeness (QED) is 0.189. The van der Waals surface area contributed by atoms with E-state index in [4.69, 9.17) is 0 Å². The van der Waals surface area contributed by atoms with Crippen LogP contribution in [0.2, 0.25) is 0 Å². The maximum atomic E-state index is 2.39. The molecule has 0 aromatic heterocycles. The average molecular weight is 465 g/mol. The van der Waals surface area contributed by atoms with Crippen molar-refractivity contribution < 1.29 is 0 Å². The molecule has 0 heteroatoms. The first-order chi connectivity index (χ1) is 16.1. The SMILES string of the molecule is CCCC(CCC)C(CC)CC.CCCCC1CCC(CCC)C(CCCC)C1CCCC. The second kappa shape index (κ2) is 22.5. The van der Waals surface area contributed by atoms with Crippen molar-refractivity contribution in [2.24, 2.45) is 35.5 Å². The zero-order chi connectivity index (χ0) is 24.9. The van der Waals surface area contributed by atoms with Crippen LogP contribution in [0.15, 0.2) is 0 Å². The first-order valence-corrected chi connectivity index (χ1v) is 16.1. The summed E-state index contributed by atoms with van der Waals surface area (Å²) in [5.74, 6) is 6.24. The molecule has 0 spiro atoms. The summed E-state index contributed by atoms with van der Waals surface area (Å²) in [5, 5.41) is 0. The molecule has 200 valence electrons. The zero-order valence-electron chi connectivity index (χ0n) is 24.9. The lowest BCUT2D eigenvalue weighted by Gasteiger charge is -2.44. The summed E-state index contributed by atoms with van der Waals surface area (Å²) in [5.41, 5.74) is 0. The van der Waals surface area contributed by atoms with E-state index < -0.39 is 0 Å². The molecule has 0 saturated heterocycles. The van der Waals surface area contributed by atoms with E-state index in [0.717, 1.165) is 35.5 Å². The van der Waals surface area contributed by atoms with Gasteiger partial charge in [0.05, 0.1) is 0 Å². The molecular weight excluding hydrogens is 396 g/mol. The topological polar surface area (TPSA) is 0 Å². The predicted octanol–water partition coefficient (Wildman–Crippen LogP) is 12.3. The van der Waals surface area contributed by atoms with Gasteiger partial charge in [0.25, 0.3) is 0 Å². The molecule has 0 radical (unpaired) electrons. The van der Waals surface area contributed by atoms with Gasteiger partial charge in [-0.3, -0.25) is 0 Å². The van der Waals surface area contributed by atoms with E-state index in [0.29, 0.717) is 0 Å². The van der Waals surface area contributed by atoms with Crippen LogP contribution >= 0.6 is 0 Å². The smallest absolute Gasteiger partial charge is 0.0355 e. The molecular formula is C33H68. The number of hydrogen-bond donors (Lipinski definition) is 0. The van der Waals surface area contributed by atoms with E-state index in [1.165, 1.54) is 109 Å². The Morgan fingerprint density at radius 2 is 0.879 bits per heavy atom. The molecule has 0 amide bonds. The molecule has 1 aliphatic rings. The van der Waals surface area contributed by atoms with Crippen LogP contribution in [0, 0.1) is 35.5 Å². The highest BCUT2D eigenvalue weighted by Gasteiger charge is 2.37. The van der Waals surface area contributed by atoms with Crippen LogP contribution in [0.5, 0.6) is 0 Å². The second-order valence-corrected chi connectivity index (χ2v) is 11.6. The second-order valence-electron chi connectivity index (χ2n) is 11.6. The fourth-order valence-corrected chi connectivity index (χ4v) is 7.20. The van der Waals surface area contributed by atoms with E-state index in [1.807, 2.05) is 0 Å². The van der Waals surface area contributed by atoms with Crippen molar-refractivity contribution in [1.82, 2.24) is 0 Å². The molecule has 4 atom stereocenters. The van der Waals surface area contributed by atoms with E-state index in [2.05, 4.69) is 55.4 Å². The van der Waals surface area contributed by atoms with Gasteiger partial charge >= 0.3 is 0 Å². The summed E-state index contributed by atoms with van der Waals surface area (Å²) in [4.78, 5) is 0. The van der Waals surface area contributed by atoms with E-state index in [-0.39, 0.29) is 0 Å². The summed E-state index contributed by atoms with van der Waals surface area (Å²) >= 11 is 0. The van der Waals surface area contributed by atoms with Crippen molar-refractivity contribution in [1.29, 1.82) is 0 Å². The molecule has 0 aromatic carbocycles. The van der Waals surface area contributed by atoms with Gasteiger partial charge in [-0.1, -0.05) is 152 Å². The zero-order valence-corrected chi connectivity index (χ0v) is 24.9. The lowest BCUT2D eigenvalue weighted by molar-refractivity contribution is 0.0601. The normalized spacial score (nSPS) is 23.1. The summed E-state index contributed by atoms with van der Waals surface area (Å²) < 4.78 is 0. The third kappa shape index (κ3) is 13.6. The third-order valence-corrected chi connectivity index (χ3v) is 9.07. The maximum Gasteiger partial charge on any atom is -0.0355 e. The predicted molar refractivity (Wildman–Crippen MR) is 154 cm³/mol. The molecule has 1 saturated carbocycles. The first kappa shape index (κ1) is 33.0. The van der Waals surface area contributed by atoms with Crippen molar-refractivity contribution in [2.45, 2.75) is 177 Å². The highest BCUT2D eigenvalue weighted by atomic mass is 14.4. The Kier molecular flexibility index (Phi) is 22.5. The summed E-state index contributed by atoms with van der Waals surface area (Å²) in [6, 6.07) is 0. The molecule has 4 unspecified atom stereocenters. The molecule has 0 heterocycles. The van der Waals surface area contributed by atoms with Crippen molar-refractivity contribution in [2.75, 3.05) is 0 Å². The monoisotopic (exact) mass is 465 g/mol. The van der Waals surface area contributed by atoms with Gasteiger partial charge in [-0.15, -0.1) is 0 Å². The molecule has 0 nitrogen and oxygen atoms in total. The minimum Gasteiger partial charge on any atom is -0.0654 e. The minimum atomic E-state index is 0.991. The molecule has 33 heavy (non-hydrogen) atoms. The summed E-state index contributed by atoms with van der Waals surface area (Å²) in [6.07, 6.45) is 27.5. The Labute approximate surface area is 212 Å². The van der Waals surface area contributed by atoms with Crippen LogP contribution in [0.3, 0.4) is 0 Å². The summed E-state index contributed by atoms with van der Waals surface area (Å²) in [7, 11) is 0. The Balaban J connectivity index is 0.000000728. The molecule has 1 aliphatic carbocycles. The van der Waals surface area contributed by atoms with Crippen LogP contribution < -0.4 is 0 Å². The Morgan fingerprint density at radius 3 is 1.24 bits per heavy atom. The van der Waals surface area contributed by atoms with Gasteiger partial charge in [-0.05, 0) is 61.2 Å². The lowest BCUT2D eigenvalue weighted by Crippen LogP contribution is -2.35. The van der Waals surface area contributed by atoms with E-state index in [9.17, 15) is 0 Å². The molecule has 0 N–H and O–H groups in total. The van der Waals surface area contributed by atoms with Crippen molar-refractivity contribution in [3.05, 3.63) is 0 Å². The van der Waals surface area contributed by atoms with Crippen LogP contribution in [-0.2, 0) is 0 Å². The highest BCUT2D eigenvalue weighted by Crippen LogP contribution is 2.47. The van der Waals surface area contributed by atoms with Gasteiger partial charge in [-0.25, -0.2) is 0 Å². The fraction of sp³-hybridized carbons (Fsp3) is 1.00. The van der Waals surface area contributed by atoms with Crippen LogP contribution in [-0.4, -0.2) is 0 Å². The Morgan fingerprint density at radius 1 is 0.455 bits per heavy atom. The van der Waals surface area contributed by atoms with E-state index in [1.54, 1.807) is 12.8 Å². The van der Waals surface area contributed by atoms with Crippen molar-refractivity contribution in [3.63, 3.8) is 0 Å². The minimum absolute atomic E-state index is 0.991. The van der Waals surface area contributed by atoms with Gasteiger partial charge in [0.1, 0.15) is 0 Å². The molecule has 1 fully saturated rings. The fourth-order valence-electron chi connectivity index (χ4n) is 7.20. The maximum absolute atomic E-state index is 2.39. The summed E-state index contributed by atoms with van der Waals surface area (Å²) in [6.45, 7) is 18.8. The van der Waals surface area contributed by atoms with Gasteiger partial charge < -0.3 is 0 Å². The van der Waals surface area contributed by atoms with Gasteiger partial charge in [0.15, 0.2) is 0 Å². The largest absolute Gasteiger partial charge is 0.0654 e. The molecule has 1 rings (SSSR count).